The molecule has 2 aromatic carbocycles. The van der Waals surface area contributed by atoms with Gasteiger partial charge in [0.2, 0.25) is 12.2 Å². The Morgan fingerprint density at radius 1 is 0.976 bits per heavy atom. The van der Waals surface area contributed by atoms with Crippen molar-refractivity contribution in [2.45, 2.75) is 53.6 Å². The summed E-state index contributed by atoms with van der Waals surface area (Å²) in [5.41, 5.74) is 1.27. The van der Waals surface area contributed by atoms with E-state index < -0.39 is 69.9 Å². The molecule has 41 heavy (non-hydrogen) atoms. The third-order valence-corrected chi connectivity index (χ3v) is 7.11. The molecule has 0 spiro atoms. The first-order chi connectivity index (χ1) is 19.2. The Labute approximate surface area is 248 Å². The Morgan fingerprint density at radius 3 is 2.22 bits per heavy atom. The van der Waals surface area contributed by atoms with E-state index in [0.29, 0.717) is 11.1 Å². The zero-order chi connectivity index (χ0) is 29.8. The highest BCUT2D eigenvalue weighted by molar-refractivity contribution is 7.81. The van der Waals surface area contributed by atoms with Crippen LogP contribution in [0.1, 0.15) is 17.4 Å². The van der Waals surface area contributed by atoms with Crippen molar-refractivity contribution in [1.82, 2.24) is 0 Å². The van der Waals surface area contributed by atoms with Gasteiger partial charge in [-0.1, -0.05) is 95.5 Å². The maximum atomic E-state index is 12.7. The SMILES string of the molecule is N=C(O[C@H]1O[C@@H]2COC(c3ccccc3)O[C@H]2[C@H](OCc2ccccc2)[C@H]1OS(=O)(=O)OCC(F)(F)F)C(Cl)(Cl)Cl. The fraction of sp³-hybridized carbons (Fsp3) is 0.458. The minimum atomic E-state index is -5.35. The Hall–Kier alpha value is -1.72. The van der Waals surface area contributed by atoms with Gasteiger partial charge in [-0.25, -0.2) is 8.37 Å². The zero-order valence-corrected chi connectivity index (χ0v) is 23.8. The van der Waals surface area contributed by atoms with Crippen molar-refractivity contribution >= 4 is 51.1 Å². The van der Waals surface area contributed by atoms with Crippen LogP contribution in [-0.2, 0) is 49.1 Å². The van der Waals surface area contributed by atoms with Crippen LogP contribution >= 0.6 is 34.8 Å². The Morgan fingerprint density at radius 2 is 1.61 bits per heavy atom. The van der Waals surface area contributed by atoms with Gasteiger partial charge in [0.1, 0.15) is 18.3 Å². The second-order valence-electron chi connectivity index (χ2n) is 8.77. The molecule has 1 N–H and O–H groups in total. The van der Waals surface area contributed by atoms with Crippen LogP contribution in [0.15, 0.2) is 60.7 Å². The van der Waals surface area contributed by atoms with Crippen LogP contribution in [0.4, 0.5) is 13.2 Å². The van der Waals surface area contributed by atoms with Crippen LogP contribution in [-0.4, -0.2) is 68.2 Å². The minimum absolute atomic E-state index is 0.118. The van der Waals surface area contributed by atoms with Crippen molar-refractivity contribution in [2.24, 2.45) is 0 Å². The molecule has 2 aliphatic rings. The van der Waals surface area contributed by atoms with Crippen LogP contribution in [0.3, 0.4) is 0 Å². The fourth-order valence-electron chi connectivity index (χ4n) is 3.97. The lowest BCUT2D eigenvalue weighted by atomic mass is 9.97. The van der Waals surface area contributed by atoms with Crippen molar-refractivity contribution in [3.8, 4) is 0 Å². The number of fused-ring (bicyclic) bond motifs is 1. The van der Waals surface area contributed by atoms with Gasteiger partial charge in [-0.2, -0.15) is 21.6 Å². The molecule has 2 heterocycles. The summed E-state index contributed by atoms with van der Waals surface area (Å²) in [4.78, 5) is 0. The summed E-state index contributed by atoms with van der Waals surface area (Å²) in [6, 6.07) is 17.4. The Balaban J connectivity index is 1.68. The van der Waals surface area contributed by atoms with Gasteiger partial charge in [-0.15, -0.1) is 0 Å². The molecule has 2 fully saturated rings. The predicted octanol–water partition coefficient (Wildman–Crippen LogP) is 4.98. The molecule has 2 saturated heterocycles. The molecule has 10 nitrogen and oxygen atoms in total. The van der Waals surface area contributed by atoms with Gasteiger partial charge in [0.05, 0.1) is 13.2 Å². The average molecular weight is 665 g/mol. The molecule has 0 amide bonds. The van der Waals surface area contributed by atoms with E-state index in [2.05, 4.69) is 4.18 Å². The van der Waals surface area contributed by atoms with Gasteiger partial charge in [-0.05, 0) is 5.56 Å². The fourth-order valence-corrected chi connectivity index (χ4v) is 4.91. The van der Waals surface area contributed by atoms with Gasteiger partial charge in [0, 0.05) is 5.56 Å². The number of nitrogens with one attached hydrogen (secondary N) is 1. The number of halogens is 6. The van der Waals surface area contributed by atoms with E-state index in [1.165, 1.54) is 0 Å². The van der Waals surface area contributed by atoms with Crippen LogP contribution in [0.25, 0.3) is 0 Å². The van der Waals surface area contributed by atoms with Gasteiger partial charge in [0.15, 0.2) is 19.0 Å². The van der Waals surface area contributed by atoms with Crippen molar-refractivity contribution in [2.75, 3.05) is 13.2 Å². The number of hydrogen-bond acceptors (Lipinski definition) is 10. The van der Waals surface area contributed by atoms with Crippen LogP contribution < -0.4 is 0 Å². The average Bonchev–Trinajstić information content (AvgIpc) is 2.91. The van der Waals surface area contributed by atoms with E-state index in [1.54, 1.807) is 60.7 Å². The molecule has 0 saturated carbocycles. The van der Waals surface area contributed by atoms with Crippen LogP contribution in [0.2, 0.25) is 0 Å². The minimum Gasteiger partial charge on any atom is -0.445 e. The quantitative estimate of drug-likeness (QED) is 0.225. The summed E-state index contributed by atoms with van der Waals surface area (Å²) < 4.78 is 98.9. The van der Waals surface area contributed by atoms with Gasteiger partial charge < -0.3 is 23.7 Å². The third-order valence-electron chi connectivity index (χ3n) is 5.73. The summed E-state index contributed by atoms with van der Waals surface area (Å²) >= 11 is 17.2. The van der Waals surface area contributed by atoms with Crippen LogP contribution in [0, 0.1) is 5.41 Å². The third kappa shape index (κ3) is 9.13. The van der Waals surface area contributed by atoms with Gasteiger partial charge in [-0.3, -0.25) is 5.41 Å². The van der Waals surface area contributed by atoms with Crippen LogP contribution in [0.5, 0.6) is 0 Å². The molecule has 226 valence electrons. The molecule has 0 bridgehead atoms. The molecule has 4 rings (SSSR count). The monoisotopic (exact) mass is 663 g/mol. The van der Waals surface area contributed by atoms with Crippen molar-refractivity contribution in [3.63, 3.8) is 0 Å². The number of hydrogen-bond donors (Lipinski definition) is 1. The standard InChI is InChI=1S/C24H23Cl3F3NO9S/c25-24(26,27)22(31)39-21-19(40-41(32,33)36-13-23(28,29)30)18(34-11-14-7-3-1-4-8-14)17-16(37-21)12-35-20(38-17)15-9-5-2-6-10-15/h1-10,16-21,31H,11-13H2/t16-,17-,18+,19-,20?,21-/m1/s1. The first-order valence-electron chi connectivity index (χ1n) is 11.8. The molecular formula is C24H23Cl3F3NO9S. The first-order valence-corrected chi connectivity index (χ1v) is 14.3. The Kier molecular flexibility index (Phi) is 10.4. The van der Waals surface area contributed by atoms with Gasteiger partial charge >= 0.3 is 16.6 Å². The number of benzene rings is 2. The smallest absolute Gasteiger partial charge is 0.413 e. The number of ether oxygens (including phenoxy) is 5. The van der Waals surface area contributed by atoms with E-state index in [1.807, 2.05) is 0 Å². The predicted molar refractivity (Wildman–Crippen MR) is 139 cm³/mol. The molecule has 0 aromatic heterocycles. The molecule has 17 heteroatoms. The highest BCUT2D eigenvalue weighted by atomic mass is 35.6. The zero-order valence-electron chi connectivity index (χ0n) is 20.7. The number of alkyl halides is 6. The summed E-state index contributed by atoms with van der Waals surface area (Å²) in [5, 5.41) is 7.95. The lowest BCUT2D eigenvalue weighted by Gasteiger charge is -2.48. The second kappa shape index (κ2) is 13.3. The maximum Gasteiger partial charge on any atom is 0.413 e. The summed E-state index contributed by atoms with van der Waals surface area (Å²) in [6.45, 7) is -2.41. The Bertz CT molecular complexity index is 1270. The lowest BCUT2D eigenvalue weighted by molar-refractivity contribution is -0.355. The van der Waals surface area contributed by atoms with E-state index in [4.69, 9.17) is 68.1 Å². The topological polar surface area (TPSA) is 123 Å². The lowest BCUT2D eigenvalue weighted by Crippen LogP contribution is -2.64. The highest BCUT2D eigenvalue weighted by Crippen LogP contribution is 2.39. The van der Waals surface area contributed by atoms with E-state index >= 15 is 0 Å². The molecule has 2 aromatic rings. The van der Waals surface area contributed by atoms with Crippen molar-refractivity contribution < 1.29 is 53.6 Å². The molecule has 1 unspecified atom stereocenters. The van der Waals surface area contributed by atoms with Crippen molar-refractivity contribution in [1.29, 1.82) is 5.41 Å². The highest BCUT2D eigenvalue weighted by Gasteiger charge is 2.55. The molecule has 6 atom stereocenters. The number of rotatable bonds is 9. The molecular weight excluding hydrogens is 642 g/mol. The molecule has 0 radical (unpaired) electrons. The summed E-state index contributed by atoms with van der Waals surface area (Å²) in [5.74, 6) is -0.991. The van der Waals surface area contributed by atoms with E-state index in [0.717, 1.165) is 0 Å². The summed E-state index contributed by atoms with van der Waals surface area (Å²) in [6.07, 6.45) is -13.2. The maximum absolute atomic E-state index is 12.7. The second-order valence-corrected chi connectivity index (χ2v) is 12.3. The normalized spacial score (nSPS) is 27.2. The largest absolute Gasteiger partial charge is 0.445 e. The first kappa shape index (κ1) is 32.2. The summed E-state index contributed by atoms with van der Waals surface area (Å²) in [7, 11) is -5.35. The van der Waals surface area contributed by atoms with Crippen molar-refractivity contribution in [3.05, 3.63) is 71.8 Å². The molecule has 2 aliphatic heterocycles. The molecule has 0 aliphatic carbocycles. The van der Waals surface area contributed by atoms with Gasteiger partial charge in [0.25, 0.3) is 3.79 Å². The van der Waals surface area contributed by atoms with E-state index in [-0.39, 0.29) is 13.2 Å². The van der Waals surface area contributed by atoms with E-state index in [9.17, 15) is 21.6 Å².